The molecule has 1 amide bonds. The lowest BCUT2D eigenvalue weighted by molar-refractivity contribution is -0.143. The average molecular weight is 412 g/mol. The molecule has 0 fully saturated rings. The summed E-state index contributed by atoms with van der Waals surface area (Å²) < 4.78 is 47.3. The zero-order valence-electron chi connectivity index (χ0n) is 15.3. The minimum Gasteiger partial charge on any atom is -0.466 e. The highest BCUT2D eigenvalue weighted by Crippen LogP contribution is 2.34. The van der Waals surface area contributed by atoms with Gasteiger partial charge in [-0.3, -0.25) is 4.79 Å². The van der Waals surface area contributed by atoms with E-state index in [1.54, 1.807) is 26.8 Å². The van der Waals surface area contributed by atoms with Crippen molar-refractivity contribution in [3.05, 3.63) is 69.9 Å². The van der Waals surface area contributed by atoms with Crippen molar-refractivity contribution >= 4 is 17.5 Å². The van der Waals surface area contributed by atoms with Crippen LogP contribution < -0.4 is 5.32 Å². The molecule has 1 N–H and O–H groups in total. The van der Waals surface area contributed by atoms with Crippen LogP contribution in [0.25, 0.3) is 5.69 Å². The van der Waals surface area contributed by atoms with Gasteiger partial charge in [0.1, 0.15) is 11.5 Å². The summed E-state index contributed by atoms with van der Waals surface area (Å²) in [6.45, 7) is 5.15. The summed E-state index contributed by atoms with van der Waals surface area (Å²) in [5, 5.41) is 6.61. The number of furan rings is 1. The van der Waals surface area contributed by atoms with Gasteiger partial charge in [0.05, 0.1) is 23.5 Å². The maximum atomic E-state index is 13.7. The molecule has 0 spiro atoms. The molecule has 9 heteroatoms. The molecule has 0 aliphatic heterocycles. The average Bonchev–Trinajstić information content (AvgIpc) is 3.18. The second-order valence-corrected chi connectivity index (χ2v) is 6.80. The van der Waals surface area contributed by atoms with Gasteiger partial charge in [-0.2, -0.15) is 18.3 Å². The van der Waals surface area contributed by atoms with Crippen LogP contribution in [-0.4, -0.2) is 15.7 Å². The second-order valence-electron chi connectivity index (χ2n) is 6.36. The van der Waals surface area contributed by atoms with Crippen LogP contribution in [0.3, 0.4) is 0 Å². The van der Waals surface area contributed by atoms with E-state index in [-0.39, 0.29) is 10.7 Å². The highest BCUT2D eigenvalue weighted by atomic mass is 35.5. The quantitative estimate of drug-likeness (QED) is 0.638. The molecule has 1 atom stereocenters. The van der Waals surface area contributed by atoms with E-state index < -0.39 is 29.4 Å². The van der Waals surface area contributed by atoms with Gasteiger partial charge in [0.15, 0.2) is 5.69 Å². The van der Waals surface area contributed by atoms with Crippen LogP contribution in [0, 0.1) is 13.8 Å². The Hall–Kier alpha value is -2.74. The number of rotatable bonds is 4. The van der Waals surface area contributed by atoms with Crippen LogP contribution in [0.1, 0.15) is 46.1 Å². The number of amides is 1. The smallest absolute Gasteiger partial charge is 0.434 e. The van der Waals surface area contributed by atoms with Crippen molar-refractivity contribution in [3.8, 4) is 5.69 Å². The topological polar surface area (TPSA) is 60.1 Å². The molecule has 0 saturated carbocycles. The van der Waals surface area contributed by atoms with E-state index in [0.29, 0.717) is 21.8 Å². The van der Waals surface area contributed by atoms with E-state index in [0.717, 1.165) is 6.20 Å². The third-order valence-electron chi connectivity index (χ3n) is 4.23. The fraction of sp³-hybridized carbons (Fsp3) is 0.263. The molecule has 5 nitrogen and oxygen atoms in total. The molecule has 28 heavy (non-hydrogen) atoms. The predicted octanol–water partition coefficient (Wildman–Crippen LogP) is 5.25. The summed E-state index contributed by atoms with van der Waals surface area (Å²) in [7, 11) is 0. The summed E-state index contributed by atoms with van der Waals surface area (Å²) in [6.07, 6.45) is -3.89. The van der Waals surface area contributed by atoms with Crippen molar-refractivity contribution in [2.75, 3.05) is 0 Å². The normalized spacial score (nSPS) is 12.8. The zero-order chi connectivity index (χ0) is 20.6. The monoisotopic (exact) mass is 411 g/mol. The van der Waals surface area contributed by atoms with Gasteiger partial charge in [0, 0.05) is 10.6 Å². The van der Waals surface area contributed by atoms with Gasteiger partial charge >= 0.3 is 6.18 Å². The minimum absolute atomic E-state index is 0.105. The van der Waals surface area contributed by atoms with Gasteiger partial charge in [-0.1, -0.05) is 17.7 Å². The van der Waals surface area contributed by atoms with Crippen LogP contribution >= 0.6 is 11.6 Å². The highest BCUT2D eigenvalue weighted by molar-refractivity contribution is 6.30. The molecule has 0 radical (unpaired) electrons. The molecule has 3 rings (SSSR count). The fourth-order valence-electron chi connectivity index (χ4n) is 3.02. The van der Waals surface area contributed by atoms with Crippen LogP contribution in [-0.2, 0) is 6.18 Å². The number of benzene rings is 1. The summed E-state index contributed by atoms with van der Waals surface area (Å²) >= 11 is 5.87. The number of carbonyl (C=O) groups excluding carboxylic acids is 1. The molecule has 0 aliphatic carbocycles. The van der Waals surface area contributed by atoms with Gasteiger partial charge in [-0.25, -0.2) is 4.68 Å². The van der Waals surface area contributed by atoms with E-state index in [1.807, 2.05) is 0 Å². The van der Waals surface area contributed by atoms with Crippen molar-refractivity contribution in [1.82, 2.24) is 15.1 Å². The van der Waals surface area contributed by atoms with E-state index >= 15 is 0 Å². The van der Waals surface area contributed by atoms with Crippen molar-refractivity contribution in [1.29, 1.82) is 0 Å². The molecule has 2 aromatic heterocycles. The lowest BCUT2D eigenvalue weighted by atomic mass is 10.1. The Morgan fingerprint density at radius 2 is 2.00 bits per heavy atom. The van der Waals surface area contributed by atoms with Crippen molar-refractivity contribution in [3.63, 3.8) is 0 Å². The Balaban J connectivity index is 1.97. The number of nitrogens with one attached hydrogen (secondary N) is 1. The summed E-state index contributed by atoms with van der Waals surface area (Å²) in [6, 6.07) is 7.00. The van der Waals surface area contributed by atoms with Gasteiger partial charge in [-0.15, -0.1) is 0 Å². The SMILES string of the molecule is Cc1cc(C(C)NC(=O)c2cnn(-c3cccc(Cl)c3)c2C(F)(F)F)c(C)o1. The summed E-state index contributed by atoms with van der Waals surface area (Å²) in [5.74, 6) is 0.362. The molecule has 0 saturated heterocycles. The summed E-state index contributed by atoms with van der Waals surface area (Å²) in [5.41, 5.74) is -0.938. The lowest BCUT2D eigenvalue weighted by Gasteiger charge is -2.15. The number of halogens is 4. The number of aromatic nitrogens is 2. The lowest BCUT2D eigenvalue weighted by Crippen LogP contribution is -2.29. The zero-order valence-corrected chi connectivity index (χ0v) is 16.0. The minimum atomic E-state index is -4.79. The Bertz CT molecular complexity index is 1020. The first-order chi connectivity index (χ1) is 13.1. The Morgan fingerprint density at radius 1 is 1.29 bits per heavy atom. The van der Waals surface area contributed by atoms with Crippen LogP contribution in [0.15, 0.2) is 40.9 Å². The van der Waals surface area contributed by atoms with Gasteiger partial charge in [0.2, 0.25) is 0 Å². The highest BCUT2D eigenvalue weighted by Gasteiger charge is 2.40. The molecule has 3 aromatic rings. The summed E-state index contributed by atoms with van der Waals surface area (Å²) in [4.78, 5) is 12.6. The number of hydrogen-bond acceptors (Lipinski definition) is 3. The van der Waals surface area contributed by atoms with Crippen molar-refractivity contribution in [2.24, 2.45) is 0 Å². The van der Waals surface area contributed by atoms with Crippen LogP contribution in [0.4, 0.5) is 13.2 Å². The van der Waals surface area contributed by atoms with Gasteiger partial charge in [0.25, 0.3) is 5.91 Å². The first-order valence-corrected chi connectivity index (χ1v) is 8.74. The number of carbonyl (C=O) groups is 1. The molecule has 2 heterocycles. The molecule has 1 aromatic carbocycles. The first-order valence-electron chi connectivity index (χ1n) is 8.37. The predicted molar refractivity (Wildman–Crippen MR) is 97.6 cm³/mol. The molecule has 1 unspecified atom stereocenters. The number of aryl methyl sites for hydroxylation is 2. The van der Waals surface area contributed by atoms with Gasteiger partial charge < -0.3 is 9.73 Å². The maximum Gasteiger partial charge on any atom is 0.434 e. The van der Waals surface area contributed by atoms with E-state index in [9.17, 15) is 18.0 Å². The van der Waals surface area contributed by atoms with Crippen molar-refractivity contribution in [2.45, 2.75) is 33.0 Å². The van der Waals surface area contributed by atoms with Crippen LogP contribution in [0.2, 0.25) is 5.02 Å². The molecule has 0 aliphatic rings. The first kappa shape index (κ1) is 20.0. The maximum absolute atomic E-state index is 13.7. The van der Waals surface area contributed by atoms with E-state index in [1.165, 1.54) is 24.3 Å². The Labute approximate surface area is 164 Å². The third-order valence-corrected chi connectivity index (χ3v) is 4.46. The Morgan fingerprint density at radius 3 is 2.57 bits per heavy atom. The fourth-order valence-corrected chi connectivity index (χ4v) is 3.21. The molecular formula is C19H17ClF3N3O2. The third kappa shape index (κ3) is 3.91. The largest absolute Gasteiger partial charge is 0.466 e. The molecule has 0 bridgehead atoms. The van der Waals surface area contributed by atoms with E-state index in [2.05, 4.69) is 10.4 Å². The number of alkyl halides is 3. The molecular weight excluding hydrogens is 395 g/mol. The number of hydrogen-bond donors (Lipinski definition) is 1. The standard InChI is InChI=1S/C19H17ClF3N3O2/c1-10-7-15(12(3)28-10)11(2)25-18(27)16-9-24-26(17(16)19(21,22)23)14-6-4-5-13(20)8-14/h4-9,11H,1-3H3,(H,25,27). The van der Waals surface area contributed by atoms with Crippen molar-refractivity contribution < 1.29 is 22.4 Å². The Kier molecular flexibility index (Phi) is 5.25. The van der Waals surface area contributed by atoms with Gasteiger partial charge in [-0.05, 0) is 45.0 Å². The van der Waals surface area contributed by atoms with Crippen LogP contribution in [0.5, 0.6) is 0 Å². The molecule has 148 valence electrons. The second kappa shape index (κ2) is 7.35. The number of nitrogens with zero attached hydrogens (tertiary/aromatic N) is 2. The van der Waals surface area contributed by atoms with E-state index in [4.69, 9.17) is 16.0 Å².